The molecule has 0 aliphatic carbocycles. The molecule has 0 saturated carbocycles. The minimum absolute atomic E-state index is 0.222. The molecule has 0 radical (unpaired) electrons. The van der Waals surface area contributed by atoms with E-state index in [1.807, 2.05) is 6.07 Å². The molecule has 0 spiro atoms. The molecule has 2 rings (SSSR count). The van der Waals surface area contributed by atoms with Gasteiger partial charge in [0.2, 0.25) is 0 Å². The number of nitrogens with zero attached hydrogens (tertiary/aromatic N) is 1. The monoisotopic (exact) mass is 376 g/mol. The summed E-state index contributed by atoms with van der Waals surface area (Å²) >= 11 is 3.34. The number of carboxylic acids is 1. The normalized spacial score (nSPS) is 20.2. The highest BCUT2D eigenvalue weighted by molar-refractivity contribution is 9.10. The van der Waals surface area contributed by atoms with E-state index in [4.69, 9.17) is 0 Å². The number of carbonyl (C=O) groups is 1. The van der Waals surface area contributed by atoms with Gasteiger partial charge in [-0.25, -0.2) is 0 Å². The number of benzene rings is 1. The van der Waals surface area contributed by atoms with Crippen LogP contribution < -0.4 is 4.72 Å². The third kappa shape index (κ3) is 3.56. The zero-order valence-corrected chi connectivity index (χ0v) is 13.9. The summed E-state index contributed by atoms with van der Waals surface area (Å²) in [6.07, 6.45) is 1.73. The molecule has 8 heteroatoms. The van der Waals surface area contributed by atoms with Gasteiger partial charge in [-0.3, -0.25) is 9.52 Å². The lowest BCUT2D eigenvalue weighted by Gasteiger charge is -2.32. The van der Waals surface area contributed by atoms with E-state index in [1.165, 1.54) is 0 Å². The Balaban J connectivity index is 2.28. The smallest absolute Gasteiger partial charge is 0.322 e. The van der Waals surface area contributed by atoms with Crippen molar-refractivity contribution in [2.24, 2.45) is 0 Å². The van der Waals surface area contributed by atoms with Gasteiger partial charge in [0.05, 0.1) is 5.69 Å². The van der Waals surface area contributed by atoms with Crippen LogP contribution in [0.5, 0.6) is 0 Å². The van der Waals surface area contributed by atoms with Crippen LogP contribution in [0.1, 0.15) is 24.8 Å². The van der Waals surface area contributed by atoms with E-state index in [9.17, 15) is 18.3 Å². The first-order valence-corrected chi connectivity index (χ1v) is 8.84. The van der Waals surface area contributed by atoms with Crippen molar-refractivity contribution in [3.8, 4) is 0 Å². The molecule has 0 amide bonds. The van der Waals surface area contributed by atoms with Crippen molar-refractivity contribution >= 4 is 37.8 Å². The van der Waals surface area contributed by atoms with Crippen LogP contribution in [0.2, 0.25) is 0 Å². The van der Waals surface area contributed by atoms with Gasteiger partial charge in [-0.2, -0.15) is 12.7 Å². The molecule has 1 saturated heterocycles. The van der Waals surface area contributed by atoms with E-state index in [0.717, 1.165) is 20.8 Å². The Morgan fingerprint density at radius 2 is 2.14 bits per heavy atom. The predicted molar refractivity (Wildman–Crippen MR) is 83.4 cm³/mol. The number of aliphatic carboxylic acids is 1. The molecule has 2 N–H and O–H groups in total. The third-order valence-corrected chi connectivity index (χ3v) is 5.95. The number of rotatable bonds is 4. The fourth-order valence-electron chi connectivity index (χ4n) is 2.36. The number of hydrogen-bond acceptors (Lipinski definition) is 3. The Kier molecular flexibility index (Phi) is 4.90. The summed E-state index contributed by atoms with van der Waals surface area (Å²) in [5.41, 5.74) is 1.20. The van der Waals surface area contributed by atoms with Gasteiger partial charge < -0.3 is 5.11 Å². The van der Waals surface area contributed by atoms with E-state index in [1.54, 1.807) is 19.1 Å². The number of carboxylic acid groups (broad SMARTS) is 1. The molecule has 1 aliphatic heterocycles. The van der Waals surface area contributed by atoms with E-state index in [0.29, 0.717) is 18.5 Å². The zero-order valence-electron chi connectivity index (χ0n) is 11.5. The summed E-state index contributed by atoms with van der Waals surface area (Å²) < 4.78 is 29.3. The molecule has 1 heterocycles. The summed E-state index contributed by atoms with van der Waals surface area (Å²) in [5, 5.41) is 9.20. The number of hydrogen-bond donors (Lipinski definition) is 2. The number of nitrogens with one attached hydrogen (secondary N) is 1. The summed E-state index contributed by atoms with van der Waals surface area (Å²) in [6.45, 7) is 2.01. The number of anilines is 1. The van der Waals surface area contributed by atoms with E-state index >= 15 is 0 Å². The van der Waals surface area contributed by atoms with Crippen LogP contribution in [0.3, 0.4) is 0 Å². The summed E-state index contributed by atoms with van der Waals surface area (Å²) in [4.78, 5) is 11.2. The van der Waals surface area contributed by atoms with Crippen molar-refractivity contribution in [2.75, 3.05) is 11.3 Å². The molecule has 1 aromatic carbocycles. The van der Waals surface area contributed by atoms with Crippen LogP contribution >= 0.6 is 15.9 Å². The maximum Gasteiger partial charge on any atom is 0.322 e. The van der Waals surface area contributed by atoms with Crippen molar-refractivity contribution in [2.45, 2.75) is 32.2 Å². The molecule has 21 heavy (non-hydrogen) atoms. The molecular formula is C13H17BrN2O4S. The molecule has 0 aromatic heterocycles. The standard InChI is InChI=1S/C13H17BrN2O4S/c1-9-10(14)5-4-6-11(9)15-21(19,20)16-8-3-2-7-12(16)13(17)18/h4-6,12,15H,2-3,7-8H2,1H3,(H,17,18). The van der Waals surface area contributed by atoms with Crippen molar-refractivity contribution in [1.82, 2.24) is 4.31 Å². The highest BCUT2D eigenvalue weighted by Gasteiger charge is 2.36. The minimum atomic E-state index is -3.89. The van der Waals surface area contributed by atoms with Crippen molar-refractivity contribution in [1.29, 1.82) is 0 Å². The fourth-order valence-corrected chi connectivity index (χ4v) is 4.24. The SMILES string of the molecule is Cc1c(Br)cccc1NS(=O)(=O)N1CCCCC1C(=O)O. The van der Waals surface area contributed by atoms with Crippen LogP contribution in [0.25, 0.3) is 0 Å². The van der Waals surface area contributed by atoms with Gasteiger partial charge in [0.25, 0.3) is 0 Å². The largest absolute Gasteiger partial charge is 0.480 e. The highest BCUT2D eigenvalue weighted by Crippen LogP contribution is 2.27. The van der Waals surface area contributed by atoms with Crippen molar-refractivity contribution < 1.29 is 18.3 Å². The van der Waals surface area contributed by atoms with Gasteiger partial charge in [-0.05, 0) is 43.9 Å². The number of halogens is 1. The Morgan fingerprint density at radius 1 is 1.43 bits per heavy atom. The Hall–Kier alpha value is -1.12. The van der Waals surface area contributed by atoms with Crippen LogP contribution in [0.4, 0.5) is 5.69 Å². The molecule has 1 aliphatic rings. The number of piperidine rings is 1. The summed E-state index contributed by atoms with van der Waals surface area (Å²) in [5.74, 6) is -1.11. The molecule has 0 bridgehead atoms. The maximum absolute atomic E-state index is 12.5. The molecule has 1 atom stereocenters. The highest BCUT2D eigenvalue weighted by atomic mass is 79.9. The van der Waals surface area contributed by atoms with Gasteiger partial charge in [0.1, 0.15) is 6.04 Å². The lowest BCUT2D eigenvalue weighted by atomic mass is 10.1. The fraction of sp³-hybridized carbons (Fsp3) is 0.462. The third-order valence-electron chi connectivity index (χ3n) is 3.55. The van der Waals surface area contributed by atoms with Gasteiger partial charge in [0, 0.05) is 11.0 Å². The van der Waals surface area contributed by atoms with Crippen molar-refractivity contribution in [3.05, 3.63) is 28.2 Å². The van der Waals surface area contributed by atoms with E-state index in [-0.39, 0.29) is 6.54 Å². The Labute approximate surface area is 132 Å². The van der Waals surface area contributed by atoms with Gasteiger partial charge >= 0.3 is 16.2 Å². The van der Waals surface area contributed by atoms with E-state index in [2.05, 4.69) is 20.7 Å². The summed E-state index contributed by atoms with van der Waals surface area (Å²) in [6, 6.07) is 4.19. The average molecular weight is 377 g/mol. The lowest BCUT2D eigenvalue weighted by molar-refractivity contribution is -0.142. The molecule has 1 unspecified atom stereocenters. The van der Waals surface area contributed by atoms with E-state index < -0.39 is 22.2 Å². The Bertz CT molecular complexity index is 648. The average Bonchev–Trinajstić information content (AvgIpc) is 2.44. The first kappa shape index (κ1) is 16.3. The van der Waals surface area contributed by atoms with Crippen LogP contribution in [0.15, 0.2) is 22.7 Å². The van der Waals surface area contributed by atoms with Crippen LogP contribution in [0, 0.1) is 6.92 Å². The molecule has 116 valence electrons. The van der Waals surface area contributed by atoms with Crippen LogP contribution in [-0.4, -0.2) is 36.4 Å². The van der Waals surface area contributed by atoms with Gasteiger partial charge in [-0.1, -0.05) is 22.0 Å². The molecule has 1 aromatic rings. The maximum atomic E-state index is 12.5. The molecule has 6 nitrogen and oxygen atoms in total. The lowest BCUT2D eigenvalue weighted by Crippen LogP contribution is -2.50. The Morgan fingerprint density at radius 3 is 2.81 bits per heavy atom. The second-order valence-electron chi connectivity index (χ2n) is 4.98. The topological polar surface area (TPSA) is 86.7 Å². The summed E-state index contributed by atoms with van der Waals surface area (Å²) in [7, 11) is -3.89. The quantitative estimate of drug-likeness (QED) is 0.844. The van der Waals surface area contributed by atoms with Crippen LogP contribution in [-0.2, 0) is 15.0 Å². The van der Waals surface area contributed by atoms with Gasteiger partial charge in [-0.15, -0.1) is 0 Å². The zero-order chi connectivity index (χ0) is 15.6. The first-order chi connectivity index (χ1) is 9.83. The first-order valence-electron chi connectivity index (χ1n) is 6.60. The second kappa shape index (κ2) is 6.33. The second-order valence-corrected chi connectivity index (χ2v) is 7.46. The van der Waals surface area contributed by atoms with Gasteiger partial charge in [0.15, 0.2) is 0 Å². The van der Waals surface area contributed by atoms with Crippen molar-refractivity contribution in [3.63, 3.8) is 0 Å². The predicted octanol–water partition coefficient (Wildman–Crippen LogP) is 2.35. The molecule has 1 fully saturated rings. The molecular weight excluding hydrogens is 360 g/mol. The minimum Gasteiger partial charge on any atom is -0.480 e.